The fraction of sp³-hybridized carbons (Fsp3) is 1.00. The molecule has 1 fully saturated rings. The molecule has 1 heterocycles. The summed E-state index contributed by atoms with van der Waals surface area (Å²) in [5.74, 6) is 0.560. The van der Waals surface area contributed by atoms with Gasteiger partial charge in [-0.3, -0.25) is 4.72 Å². The Morgan fingerprint density at radius 3 is 2.33 bits per heavy atom. The van der Waals surface area contributed by atoms with Crippen molar-refractivity contribution in [3.05, 3.63) is 0 Å². The van der Waals surface area contributed by atoms with Crippen LogP contribution < -0.4 is 4.72 Å². The topological polar surface area (TPSA) is 12.0 Å². The van der Waals surface area contributed by atoms with Gasteiger partial charge in [0.05, 0.1) is 0 Å². The maximum Gasteiger partial charge on any atom is 0.404 e. The molecule has 0 aliphatic carbocycles. The minimum Gasteiger partial charge on any atom is -0.252 e. The first-order chi connectivity index (χ1) is 4.11. The van der Waals surface area contributed by atoms with Crippen molar-refractivity contribution in [2.75, 3.05) is 5.75 Å². The van der Waals surface area contributed by atoms with E-state index in [1.54, 1.807) is 0 Å². The van der Waals surface area contributed by atoms with E-state index in [4.69, 9.17) is 0 Å². The van der Waals surface area contributed by atoms with Gasteiger partial charge in [0, 0.05) is 5.75 Å². The summed E-state index contributed by atoms with van der Waals surface area (Å²) in [5.41, 5.74) is 0. The zero-order valence-electron chi connectivity index (χ0n) is 4.53. The highest BCUT2D eigenvalue weighted by atomic mass is 32.2. The van der Waals surface area contributed by atoms with Crippen molar-refractivity contribution in [2.24, 2.45) is 0 Å². The van der Waals surface area contributed by atoms with Crippen molar-refractivity contribution < 1.29 is 13.2 Å². The van der Waals surface area contributed by atoms with E-state index in [-0.39, 0.29) is 6.42 Å². The second-order valence-electron chi connectivity index (χ2n) is 1.85. The third kappa shape index (κ3) is 1.76. The van der Waals surface area contributed by atoms with Crippen LogP contribution in [0.2, 0.25) is 0 Å². The first-order valence-corrected chi connectivity index (χ1v) is 3.53. The maximum atomic E-state index is 11.7. The van der Waals surface area contributed by atoms with Crippen molar-refractivity contribution in [1.29, 1.82) is 0 Å². The quantitative estimate of drug-likeness (QED) is 0.535. The monoisotopic (exact) mass is 157 g/mol. The molecule has 54 valence electrons. The molecule has 0 amide bonds. The Morgan fingerprint density at radius 1 is 1.44 bits per heavy atom. The lowest BCUT2D eigenvalue weighted by Gasteiger charge is -2.12. The van der Waals surface area contributed by atoms with Crippen LogP contribution in [0.1, 0.15) is 6.42 Å². The van der Waals surface area contributed by atoms with Crippen LogP contribution in [0.15, 0.2) is 0 Å². The highest BCUT2D eigenvalue weighted by Gasteiger charge is 2.41. The van der Waals surface area contributed by atoms with E-state index in [0.29, 0.717) is 5.75 Å². The van der Waals surface area contributed by atoms with Gasteiger partial charge in [0.15, 0.2) is 0 Å². The third-order valence-electron chi connectivity index (χ3n) is 1.13. The van der Waals surface area contributed by atoms with E-state index in [0.717, 1.165) is 11.9 Å². The van der Waals surface area contributed by atoms with E-state index in [9.17, 15) is 13.2 Å². The number of rotatable bonds is 0. The fourth-order valence-corrected chi connectivity index (χ4v) is 1.55. The van der Waals surface area contributed by atoms with Crippen LogP contribution in [0.5, 0.6) is 0 Å². The van der Waals surface area contributed by atoms with Crippen LogP contribution in [0, 0.1) is 0 Å². The molecule has 1 aliphatic heterocycles. The van der Waals surface area contributed by atoms with Crippen LogP contribution in [-0.4, -0.2) is 18.0 Å². The van der Waals surface area contributed by atoms with Gasteiger partial charge in [-0.15, -0.1) is 0 Å². The molecule has 1 aliphatic rings. The predicted octanol–water partition coefficient (Wildman–Crippen LogP) is 1.56. The minimum atomic E-state index is -4.05. The molecule has 1 saturated heterocycles. The van der Waals surface area contributed by atoms with Crippen molar-refractivity contribution in [1.82, 2.24) is 4.72 Å². The Labute approximate surface area is 55.1 Å². The van der Waals surface area contributed by atoms with Crippen LogP contribution in [0.3, 0.4) is 0 Å². The summed E-state index contributed by atoms with van der Waals surface area (Å²) in [4.78, 5) is 0. The summed E-state index contributed by atoms with van der Waals surface area (Å²) in [7, 11) is 0. The van der Waals surface area contributed by atoms with E-state index < -0.39 is 12.2 Å². The van der Waals surface area contributed by atoms with E-state index in [1.165, 1.54) is 0 Å². The zero-order chi connectivity index (χ0) is 6.91. The van der Waals surface area contributed by atoms with Crippen molar-refractivity contribution in [3.8, 4) is 0 Å². The Balaban J connectivity index is 2.42. The third-order valence-corrected chi connectivity index (χ3v) is 2.02. The first-order valence-electron chi connectivity index (χ1n) is 2.55. The zero-order valence-corrected chi connectivity index (χ0v) is 5.35. The lowest BCUT2D eigenvalue weighted by molar-refractivity contribution is -0.149. The number of nitrogens with one attached hydrogen (secondary N) is 1. The van der Waals surface area contributed by atoms with Gasteiger partial charge in [-0.25, -0.2) is 0 Å². The molecular formula is C4H6F3NS. The van der Waals surface area contributed by atoms with Gasteiger partial charge in [0.1, 0.15) is 6.04 Å². The van der Waals surface area contributed by atoms with Crippen LogP contribution in [0.4, 0.5) is 13.2 Å². The molecule has 1 nitrogen and oxygen atoms in total. The fourth-order valence-electron chi connectivity index (χ4n) is 0.626. The molecule has 0 bridgehead atoms. The molecule has 0 aromatic carbocycles. The molecule has 9 heavy (non-hydrogen) atoms. The smallest absolute Gasteiger partial charge is 0.252 e. The van der Waals surface area contributed by atoms with Gasteiger partial charge < -0.3 is 0 Å². The van der Waals surface area contributed by atoms with Gasteiger partial charge in [-0.1, -0.05) is 11.9 Å². The Kier molecular flexibility index (Phi) is 1.91. The number of hydrogen-bond acceptors (Lipinski definition) is 2. The van der Waals surface area contributed by atoms with Crippen molar-refractivity contribution in [3.63, 3.8) is 0 Å². The van der Waals surface area contributed by atoms with E-state index in [2.05, 4.69) is 4.72 Å². The molecule has 0 aromatic rings. The normalized spacial score (nSPS) is 29.0. The number of halogens is 3. The summed E-state index contributed by atoms with van der Waals surface area (Å²) < 4.78 is 37.3. The standard InChI is InChI=1S/C4H6F3NS/c5-4(6,7)3-1-2-9-8-3/h3,8H,1-2H2. The molecule has 1 atom stereocenters. The minimum absolute atomic E-state index is 0.203. The van der Waals surface area contributed by atoms with Crippen LogP contribution in [0.25, 0.3) is 0 Å². The lowest BCUT2D eigenvalue weighted by Crippen LogP contribution is -2.34. The summed E-state index contributed by atoms with van der Waals surface area (Å²) in [5, 5.41) is 0. The van der Waals surface area contributed by atoms with E-state index >= 15 is 0 Å². The van der Waals surface area contributed by atoms with Crippen LogP contribution in [-0.2, 0) is 0 Å². The second-order valence-corrected chi connectivity index (χ2v) is 2.78. The Morgan fingerprint density at radius 2 is 2.11 bits per heavy atom. The Hall–Kier alpha value is 0.1000. The average Bonchev–Trinajstić information content (AvgIpc) is 2.08. The van der Waals surface area contributed by atoms with Crippen molar-refractivity contribution in [2.45, 2.75) is 18.6 Å². The molecule has 0 saturated carbocycles. The Bertz CT molecular complexity index is 96.5. The molecular weight excluding hydrogens is 151 g/mol. The van der Waals surface area contributed by atoms with Crippen LogP contribution >= 0.6 is 11.9 Å². The number of hydrogen-bond donors (Lipinski definition) is 1. The summed E-state index contributed by atoms with van der Waals surface area (Å²) in [6, 6.07) is -1.28. The SMILES string of the molecule is FC(F)(F)C1CCSN1. The summed E-state index contributed by atoms with van der Waals surface area (Å²) in [6.45, 7) is 0. The largest absolute Gasteiger partial charge is 0.404 e. The predicted molar refractivity (Wildman–Crippen MR) is 30.1 cm³/mol. The molecule has 5 heteroatoms. The molecule has 0 aromatic heterocycles. The molecule has 1 unspecified atom stereocenters. The van der Waals surface area contributed by atoms with Crippen molar-refractivity contribution >= 4 is 11.9 Å². The van der Waals surface area contributed by atoms with Gasteiger partial charge >= 0.3 is 6.18 Å². The van der Waals surface area contributed by atoms with Gasteiger partial charge in [0.25, 0.3) is 0 Å². The summed E-state index contributed by atoms with van der Waals surface area (Å²) >= 11 is 1.14. The molecule has 0 radical (unpaired) electrons. The lowest BCUT2D eigenvalue weighted by atomic mass is 10.2. The number of alkyl halides is 3. The molecule has 0 spiro atoms. The highest BCUT2D eigenvalue weighted by Crippen LogP contribution is 2.28. The average molecular weight is 157 g/mol. The summed E-state index contributed by atoms with van der Waals surface area (Å²) in [6.07, 6.45) is -3.85. The van der Waals surface area contributed by atoms with Gasteiger partial charge in [-0.2, -0.15) is 13.2 Å². The molecule has 1 N–H and O–H groups in total. The van der Waals surface area contributed by atoms with Gasteiger partial charge in [0.2, 0.25) is 0 Å². The van der Waals surface area contributed by atoms with Gasteiger partial charge in [-0.05, 0) is 6.42 Å². The first kappa shape index (κ1) is 7.21. The van der Waals surface area contributed by atoms with E-state index in [1.807, 2.05) is 0 Å². The highest BCUT2D eigenvalue weighted by molar-refractivity contribution is 7.97. The maximum absolute atomic E-state index is 11.7. The second kappa shape index (κ2) is 2.38. The molecule has 1 rings (SSSR count).